The number of rotatable bonds is 3. The first kappa shape index (κ1) is 13.1. The lowest BCUT2D eigenvalue weighted by Gasteiger charge is -2.37. The zero-order valence-electron chi connectivity index (χ0n) is 11.7. The Labute approximate surface area is 115 Å². The number of morpholine rings is 1. The Bertz CT molecular complexity index is 417. The number of benzene rings is 1. The monoisotopic (exact) mass is 260 g/mol. The van der Waals surface area contributed by atoms with E-state index in [0.29, 0.717) is 6.04 Å². The van der Waals surface area contributed by atoms with Gasteiger partial charge in [0.15, 0.2) is 0 Å². The summed E-state index contributed by atoms with van der Waals surface area (Å²) in [6.45, 7) is 5.23. The Hall–Kier alpha value is -0.900. The fourth-order valence-electron chi connectivity index (χ4n) is 3.25. The second-order valence-corrected chi connectivity index (χ2v) is 5.78. The summed E-state index contributed by atoms with van der Waals surface area (Å²) in [5.74, 6) is 0. The van der Waals surface area contributed by atoms with Gasteiger partial charge in [-0.15, -0.1) is 0 Å². The summed E-state index contributed by atoms with van der Waals surface area (Å²) >= 11 is 0. The van der Waals surface area contributed by atoms with Crippen LogP contribution in [0.25, 0.3) is 0 Å². The predicted molar refractivity (Wildman–Crippen MR) is 77.1 cm³/mol. The minimum Gasteiger partial charge on any atom is -0.373 e. The highest BCUT2D eigenvalue weighted by molar-refractivity contribution is 5.25. The van der Waals surface area contributed by atoms with Crippen LogP contribution >= 0.6 is 0 Å². The van der Waals surface area contributed by atoms with Gasteiger partial charge in [0.2, 0.25) is 0 Å². The van der Waals surface area contributed by atoms with Crippen LogP contribution in [0.2, 0.25) is 0 Å². The highest BCUT2D eigenvalue weighted by Crippen LogP contribution is 2.27. The maximum Gasteiger partial charge on any atom is 0.0895 e. The van der Waals surface area contributed by atoms with Crippen LogP contribution in [0.5, 0.6) is 0 Å². The van der Waals surface area contributed by atoms with Gasteiger partial charge >= 0.3 is 0 Å². The minimum atomic E-state index is -0.00699. The van der Waals surface area contributed by atoms with Crippen LogP contribution in [0.3, 0.4) is 0 Å². The van der Waals surface area contributed by atoms with Crippen LogP contribution in [-0.2, 0) is 11.2 Å². The molecule has 0 aliphatic carbocycles. The van der Waals surface area contributed by atoms with E-state index in [1.165, 1.54) is 30.5 Å². The molecule has 2 saturated heterocycles. The van der Waals surface area contributed by atoms with Gasteiger partial charge in [-0.1, -0.05) is 31.2 Å². The Kier molecular flexibility index (Phi) is 3.87. The van der Waals surface area contributed by atoms with E-state index in [0.717, 1.165) is 19.6 Å². The molecule has 2 aliphatic heterocycles. The molecule has 2 N–H and O–H groups in total. The van der Waals surface area contributed by atoms with Gasteiger partial charge in [0.1, 0.15) is 0 Å². The molecule has 3 nitrogen and oxygen atoms in total. The van der Waals surface area contributed by atoms with Crippen molar-refractivity contribution in [2.24, 2.45) is 5.73 Å². The summed E-state index contributed by atoms with van der Waals surface area (Å²) in [5, 5.41) is 0. The molecule has 1 aromatic carbocycles. The number of hydrogen-bond donors (Lipinski definition) is 1. The smallest absolute Gasteiger partial charge is 0.0895 e. The Morgan fingerprint density at radius 1 is 1.37 bits per heavy atom. The van der Waals surface area contributed by atoms with E-state index in [4.69, 9.17) is 10.5 Å². The Morgan fingerprint density at radius 2 is 2.16 bits per heavy atom. The molecule has 104 valence electrons. The van der Waals surface area contributed by atoms with Crippen LogP contribution < -0.4 is 5.73 Å². The zero-order valence-corrected chi connectivity index (χ0v) is 11.7. The molecular weight excluding hydrogens is 236 g/mol. The van der Waals surface area contributed by atoms with Gasteiger partial charge < -0.3 is 10.5 Å². The molecule has 3 atom stereocenters. The first-order valence-corrected chi connectivity index (χ1v) is 7.48. The highest BCUT2D eigenvalue weighted by Gasteiger charge is 2.34. The van der Waals surface area contributed by atoms with E-state index in [2.05, 4.69) is 36.1 Å². The van der Waals surface area contributed by atoms with Crippen molar-refractivity contribution in [2.75, 3.05) is 19.7 Å². The SMILES string of the molecule is CCc1ccc(C(N)C2CN3CCCC3CO2)cc1. The number of aryl methyl sites for hydroxylation is 1. The average Bonchev–Trinajstić information content (AvgIpc) is 2.94. The lowest BCUT2D eigenvalue weighted by Crippen LogP contribution is -2.49. The Morgan fingerprint density at radius 3 is 2.89 bits per heavy atom. The number of hydrogen-bond acceptors (Lipinski definition) is 3. The molecule has 0 saturated carbocycles. The summed E-state index contributed by atoms with van der Waals surface area (Å²) in [6.07, 6.45) is 3.81. The maximum atomic E-state index is 6.39. The van der Waals surface area contributed by atoms with Crippen LogP contribution in [0, 0.1) is 0 Å². The molecule has 3 rings (SSSR count). The molecule has 0 spiro atoms. The maximum absolute atomic E-state index is 6.39. The lowest BCUT2D eigenvalue weighted by molar-refractivity contribution is -0.0597. The van der Waals surface area contributed by atoms with Gasteiger partial charge in [-0.05, 0) is 36.9 Å². The molecule has 2 fully saturated rings. The number of ether oxygens (including phenoxy) is 1. The van der Waals surface area contributed by atoms with Gasteiger partial charge in [0, 0.05) is 12.6 Å². The lowest BCUT2D eigenvalue weighted by atomic mass is 9.98. The highest BCUT2D eigenvalue weighted by atomic mass is 16.5. The summed E-state index contributed by atoms with van der Waals surface area (Å²) in [4.78, 5) is 2.55. The predicted octanol–water partition coefficient (Wildman–Crippen LogP) is 2.11. The van der Waals surface area contributed by atoms with Crippen LogP contribution in [0.15, 0.2) is 24.3 Å². The van der Waals surface area contributed by atoms with Gasteiger partial charge in [-0.3, -0.25) is 4.90 Å². The molecule has 0 bridgehead atoms. The summed E-state index contributed by atoms with van der Waals surface area (Å²) in [5.41, 5.74) is 8.95. The second kappa shape index (κ2) is 5.61. The summed E-state index contributed by atoms with van der Waals surface area (Å²) in [7, 11) is 0. The van der Waals surface area contributed by atoms with E-state index in [-0.39, 0.29) is 12.1 Å². The topological polar surface area (TPSA) is 38.5 Å². The number of nitrogens with two attached hydrogens (primary N) is 1. The number of fused-ring (bicyclic) bond motifs is 1. The van der Waals surface area contributed by atoms with Crippen molar-refractivity contribution in [2.45, 2.75) is 44.4 Å². The van der Waals surface area contributed by atoms with Crippen molar-refractivity contribution in [1.82, 2.24) is 4.90 Å². The third kappa shape index (κ3) is 2.69. The van der Waals surface area contributed by atoms with Gasteiger partial charge in [-0.2, -0.15) is 0 Å². The molecule has 0 amide bonds. The first-order chi connectivity index (χ1) is 9.28. The summed E-state index contributed by atoms with van der Waals surface area (Å²) < 4.78 is 6.00. The van der Waals surface area contributed by atoms with E-state index in [9.17, 15) is 0 Å². The van der Waals surface area contributed by atoms with Crippen LogP contribution in [-0.4, -0.2) is 36.7 Å². The van der Waals surface area contributed by atoms with Crippen LogP contribution in [0.1, 0.15) is 36.9 Å². The van der Waals surface area contributed by atoms with E-state index >= 15 is 0 Å². The van der Waals surface area contributed by atoms with Crippen molar-refractivity contribution in [3.63, 3.8) is 0 Å². The Balaban J connectivity index is 1.67. The molecule has 3 unspecified atom stereocenters. The molecule has 1 aromatic rings. The third-order valence-electron chi connectivity index (χ3n) is 4.59. The van der Waals surface area contributed by atoms with E-state index < -0.39 is 0 Å². The van der Waals surface area contributed by atoms with Crippen molar-refractivity contribution in [3.05, 3.63) is 35.4 Å². The molecular formula is C16H24N2O. The molecule has 2 heterocycles. The minimum absolute atomic E-state index is 0.00699. The van der Waals surface area contributed by atoms with Gasteiger partial charge in [-0.25, -0.2) is 0 Å². The van der Waals surface area contributed by atoms with Crippen LogP contribution in [0.4, 0.5) is 0 Å². The molecule has 2 aliphatic rings. The van der Waals surface area contributed by atoms with Crippen molar-refractivity contribution in [3.8, 4) is 0 Å². The van der Waals surface area contributed by atoms with Gasteiger partial charge in [0.05, 0.1) is 18.8 Å². The van der Waals surface area contributed by atoms with E-state index in [1.807, 2.05) is 0 Å². The normalized spacial score (nSPS) is 29.2. The molecule has 0 radical (unpaired) electrons. The second-order valence-electron chi connectivity index (χ2n) is 5.78. The molecule has 19 heavy (non-hydrogen) atoms. The number of nitrogens with zero attached hydrogens (tertiary/aromatic N) is 1. The fraction of sp³-hybridized carbons (Fsp3) is 0.625. The van der Waals surface area contributed by atoms with Crippen molar-refractivity contribution in [1.29, 1.82) is 0 Å². The van der Waals surface area contributed by atoms with Crippen molar-refractivity contribution < 1.29 is 4.74 Å². The third-order valence-corrected chi connectivity index (χ3v) is 4.59. The zero-order chi connectivity index (χ0) is 13.2. The quantitative estimate of drug-likeness (QED) is 0.904. The van der Waals surface area contributed by atoms with E-state index in [1.54, 1.807) is 0 Å². The first-order valence-electron chi connectivity index (χ1n) is 7.48. The summed E-state index contributed by atoms with van der Waals surface area (Å²) in [6, 6.07) is 9.30. The standard InChI is InChI=1S/C16H24N2O/c1-2-12-5-7-13(8-6-12)16(17)15-10-18-9-3-4-14(18)11-19-15/h5-8,14-16H,2-4,9-11,17H2,1H3. The molecule has 3 heteroatoms. The largest absolute Gasteiger partial charge is 0.373 e. The van der Waals surface area contributed by atoms with Gasteiger partial charge in [0.25, 0.3) is 0 Å². The van der Waals surface area contributed by atoms with Crippen molar-refractivity contribution >= 4 is 0 Å². The fourth-order valence-corrected chi connectivity index (χ4v) is 3.25. The average molecular weight is 260 g/mol. The molecule has 0 aromatic heterocycles.